The van der Waals surface area contributed by atoms with Crippen molar-refractivity contribution in [3.63, 3.8) is 0 Å². The van der Waals surface area contributed by atoms with Gasteiger partial charge >= 0.3 is 0 Å². The number of halogens is 1. The first-order valence-corrected chi connectivity index (χ1v) is 8.61. The van der Waals surface area contributed by atoms with E-state index in [2.05, 4.69) is 5.10 Å². The normalized spacial score (nSPS) is 16.7. The lowest BCUT2D eigenvalue weighted by Gasteiger charge is -2.24. The predicted molar refractivity (Wildman–Crippen MR) is 93.5 cm³/mol. The average molecular weight is 359 g/mol. The molecule has 6 nitrogen and oxygen atoms in total. The number of likely N-dealkylation sites (tertiary alicyclic amines) is 1. The maximum atomic E-state index is 13.8. The molecule has 1 fully saturated rings. The third-order valence-electron chi connectivity index (χ3n) is 4.72. The lowest BCUT2D eigenvalue weighted by molar-refractivity contribution is -0.131. The van der Waals surface area contributed by atoms with E-state index in [9.17, 15) is 14.0 Å². The molecule has 0 bridgehead atoms. The van der Waals surface area contributed by atoms with Gasteiger partial charge in [-0.05, 0) is 30.5 Å². The Labute approximate surface area is 151 Å². The van der Waals surface area contributed by atoms with Crippen molar-refractivity contribution in [3.05, 3.63) is 47.5 Å². The highest BCUT2D eigenvalue weighted by molar-refractivity contribution is 5.96. The number of ketones is 1. The van der Waals surface area contributed by atoms with Crippen LogP contribution in [0.5, 0.6) is 5.75 Å². The number of rotatable bonds is 6. The molecule has 3 rings (SSSR count). The molecule has 138 valence electrons. The van der Waals surface area contributed by atoms with E-state index in [0.717, 1.165) is 12.8 Å². The number of nitrogens with zero attached hydrogens (tertiary/aromatic N) is 3. The third kappa shape index (κ3) is 3.92. The summed E-state index contributed by atoms with van der Waals surface area (Å²) in [5.74, 6) is -0.431. The topological polar surface area (TPSA) is 64.4 Å². The highest BCUT2D eigenvalue weighted by atomic mass is 19.1. The summed E-state index contributed by atoms with van der Waals surface area (Å²) in [6.07, 6.45) is 5.29. The van der Waals surface area contributed by atoms with Crippen LogP contribution in [0.1, 0.15) is 35.2 Å². The van der Waals surface area contributed by atoms with Crippen LogP contribution >= 0.6 is 0 Å². The Hall–Kier alpha value is -2.70. The first-order chi connectivity index (χ1) is 12.5. The molecule has 26 heavy (non-hydrogen) atoms. The molecule has 0 saturated carbocycles. The number of methoxy groups -OCH3 is 1. The van der Waals surface area contributed by atoms with Crippen LogP contribution in [0.3, 0.4) is 0 Å². The van der Waals surface area contributed by atoms with Gasteiger partial charge in [-0.15, -0.1) is 0 Å². The summed E-state index contributed by atoms with van der Waals surface area (Å²) in [5, 5.41) is 4.01. The molecule has 1 aromatic heterocycles. The summed E-state index contributed by atoms with van der Waals surface area (Å²) in [6, 6.07) is 4.41. The highest BCUT2D eigenvalue weighted by Gasteiger charge is 2.30. The Bertz CT molecular complexity index is 818. The van der Waals surface area contributed by atoms with Crippen LogP contribution in [0.2, 0.25) is 0 Å². The van der Waals surface area contributed by atoms with Gasteiger partial charge in [0, 0.05) is 32.3 Å². The molecule has 1 saturated heterocycles. The van der Waals surface area contributed by atoms with Crippen LogP contribution in [-0.4, -0.2) is 46.1 Å². The Kier molecular flexibility index (Phi) is 5.35. The van der Waals surface area contributed by atoms with E-state index in [1.165, 1.54) is 19.2 Å². The van der Waals surface area contributed by atoms with Gasteiger partial charge in [-0.25, -0.2) is 4.39 Å². The minimum absolute atomic E-state index is 0.0155. The van der Waals surface area contributed by atoms with Crippen LogP contribution in [0.25, 0.3) is 0 Å². The lowest BCUT2D eigenvalue weighted by Crippen LogP contribution is -2.37. The summed E-state index contributed by atoms with van der Waals surface area (Å²) in [5.41, 5.74) is 1.15. The largest absolute Gasteiger partial charge is 0.494 e. The van der Waals surface area contributed by atoms with Crippen molar-refractivity contribution in [1.29, 1.82) is 0 Å². The van der Waals surface area contributed by atoms with Gasteiger partial charge in [0.05, 0.1) is 25.3 Å². The summed E-state index contributed by atoms with van der Waals surface area (Å²) in [4.78, 5) is 26.8. The number of aryl methyl sites for hydroxylation is 1. The number of hydrogen-bond acceptors (Lipinski definition) is 4. The van der Waals surface area contributed by atoms with Crippen LogP contribution < -0.4 is 4.74 Å². The van der Waals surface area contributed by atoms with E-state index >= 15 is 0 Å². The SMILES string of the molecule is COc1ccc(CC(=O)N2CCCC2CC(=O)c2cnn(C)c2)cc1F. The Morgan fingerprint density at radius 3 is 2.85 bits per heavy atom. The zero-order valence-electron chi connectivity index (χ0n) is 14.9. The quantitative estimate of drug-likeness (QED) is 0.743. The molecule has 0 radical (unpaired) electrons. The molecule has 7 heteroatoms. The van der Waals surface area contributed by atoms with Crippen molar-refractivity contribution in [2.45, 2.75) is 31.7 Å². The molecule has 1 amide bonds. The molecular weight excluding hydrogens is 337 g/mol. The van der Waals surface area contributed by atoms with Crippen molar-refractivity contribution in [3.8, 4) is 5.75 Å². The van der Waals surface area contributed by atoms with Gasteiger partial charge in [0.1, 0.15) is 0 Å². The van der Waals surface area contributed by atoms with E-state index in [-0.39, 0.29) is 36.3 Å². The van der Waals surface area contributed by atoms with Gasteiger partial charge in [0.2, 0.25) is 5.91 Å². The van der Waals surface area contributed by atoms with Gasteiger partial charge in [-0.2, -0.15) is 5.10 Å². The second-order valence-corrected chi connectivity index (χ2v) is 6.56. The molecule has 1 aliphatic rings. The number of amides is 1. The lowest BCUT2D eigenvalue weighted by atomic mass is 10.0. The molecule has 1 aliphatic heterocycles. The fourth-order valence-electron chi connectivity index (χ4n) is 3.37. The maximum Gasteiger partial charge on any atom is 0.227 e. The van der Waals surface area contributed by atoms with Crippen molar-refractivity contribution >= 4 is 11.7 Å². The molecular formula is C19H22FN3O3. The Morgan fingerprint density at radius 2 is 2.19 bits per heavy atom. The minimum Gasteiger partial charge on any atom is -0.494 e. The zero-order valence-corrected chi connectivity index (χ0v) is 14.9. The first kappa shape index (κ1) is 18.1. The number of hydrogen-bond donors (Lipinski definition) is 0. The molecule has 0 spiro atoms. The molecule has 0 aliphatic carbocycles. The van der Waals surface area contributed by atoms with Crippen LogP contribution in [-0.2, 0) is 18.3 Å². The summed E-state index contributed by atoms with van der Waals surface area (Å²) >= 11 is 0. The highest BCUT2D eigenvalue weighted by Crippen LogP contribution is 2.24. The maximum absolute atomic E-state index is 13.8. The fourth-order valence-corrected chi connectivity index (χ4v) is 3.37. The zero-order chi connectivity index (χ0) is 18.7. The molecule has 1 aromatic carbocycles. The van der Waals surface area contributed by atoms with Gasteiger partial charge in [0.15, 0.2) is 17.3 Å². The van der Waals surface area contributed by atoms with Crippen molar-refractivity contribution < 1.29 is 18.7 Å². The molecule has 2 aromatic rings. The van der Waals surface area contributed by atoms with E-state index < -0.39 is 5.82 Å². The second kappa shape index (κ2) is 7.68. The van der Waals surface area contributed by atoms with Crippen molar-refractivity contribution in [1.82, 2.24) is 14.7 Å². The van der Waals surface area contributed by atoms with E-state index in [1.807, 2.05) is 0 Å². The summed E-state index contributed by atoms with van der Waals surface area (Å²) in [7, 11) is 3.16. The van der Waals surface area contributed by atoms with Crippen LogP contribution in [0.15, 0.2) is 30.6 Å². The molecule has 1 atom stereocenters. The van der Waals surface area contributed by atoms with E-state index in [1.54, 1.807) is 35.1 Å². The number of carbonyl (C=O) groups is 2. The van der Waals surface area contributed by atoms with Gasteiger partial charge < -0.3 is 9.64 Å². The first-order valence-electron chi connectivity index (χ1n) is 8.61. The third-order valence-corrected chi connectivity index (χ3v) is 4.72. The predicted octanol–water partition coefficient (Wildman–Crippen LogP) is 2.37. The second-order valence-electron chi connectivity index (χ2n) is 6.56. The van der Waals surface area contributed by atoms with E-state index in [4.69, 9.17) is 4.74 Å². The van der Waals surface area contributed by atoms with Crippen molar-refractivity contribution in [2.24, 2.45) is 7.05 Å². The average Bonchev–Trinajstić information content (AvgIpc) is 3.24. The van der Waals surface area contributed by atoms with E-state index in [0.29, 0.717) is 17.7 Å². The fraction of sp³-hybridized carbons (Fsp3) is 0.421. The van der Waals surface area contributed by atoms with Crippen LogP contribution in [0.4, 0.5) is 4.39 Å². The van der Waals surface area contributed by atoms with Gasteiger partial charge in [-0.1, -0.05) is 6.07 Å². The molecule has 1 unspecified atom stereocenters. The molecule has 0 N–H and O–H groups in total. The van der Waals surface area contributed by atoms with Gasteiger partial charge in [-0.3, -0.25) is 14.3 Å². The molecule has 2 heterocycles. The Balaban J connectivity index is 1.64. The Morgan fingerprint density at radius 1 is 1.38 bits per heavy atom. The summed E-state index contributed by atoms with van der Waals surface area (Å²) in [6.45, 7) is 0.627. The van der Waals surface area contributed by atoms with Gasteiger partial charge in [0.25, 0.3) is 0 Å². The smallest absolute Gasteiger partial charge is 0.227 e. The number of carbonyl (C=O) groups excluding carboxylic acids is 2. The number of aromatic nitrogens is 2. The number of ether oxygens (including phenoxy) is 1. The van der Waals surface area contributed by atoms with Crippen LogP contribution in [0, 0.1) is 5.82 Å². The number of Topliss-reactive ketones (excluding diaryl/α,β-unsaturated/α-hetero) is 1. The number of benzene rings is 1. The minimum atomic E-state index is -0.484. The monoisotopic (exact) mass is 359 g/mol. The standard InChI is InChI=1S/C19H22FN3O3/c1-22-12-14(11-21-22)17(24)10-15-4-3-7-23(15)19(25)9-13-5-6-18(26-2)16(20)8-13/h5-6,8,11-12,15H,3-4,7,9-10H2,1-2H3. The summed E-state index contributed by atoms with van der Waals surface area (Å²) < 4.78 is 20.3. The van der Waals surface area contributed by atoms with Crippen molar-refractivity contribution in [2.75, 3.05) is 13.7 Å².